The van der Waals surface area contributed by atoms with Gasteiger partial charge in [-0.1, -0.05) is 23.7 Å². The van der Waals surface area contributed by atoms with Crippen LogP contribution in [0, 0.1) is 5.82 Å². The quantitative estimate of drug-likeness (QED) is 0.646. The van der Waals surface area contributed by atoms with Crippen LogP contribution in [0.1, 0.15) is 11.3 Å². The van der Waals surface area contributed by atoms with E-state index in [0.717, 1.165) is 11.3 Å². The minimum absolute atomic E-state index is 0.0193. The van der Waals surface area contributed by atoms with Gasteiger partial charge in [0, 0.05) is 23.5 Å². The van der Waals surface area contributed by atoms with Crippen LogP contribution in [0.5, 0.6) is 5.75 Å². The molecule has 0 unspecified atom stereocenters. The molecule has 5 nitrogen and oxygen atoms in total. The zero-order chi connectivity index (χ0) is 19.4. The molecule has 0 saturated heterocycles. The van der Waals surface area contributed by atoms with Crippen molar-refractivity contribution in [3.63, 3.8) is 0 Å². The number of hydrogen-bond donors (Lipinski definition) is 1. The summed E-state index contributed by atoms with van der Waals surface area (Å²) in [4.78, 5) is -0.0193. The van der Waals surface area contributed by atoms with Crippen molar-refractivity contribution in [1.82, 2.24) is 9.29 Å². The second-order valence-corrected chi connectivity index (χ2v) is 8.05. The topological polar surface area (TPSA) is 60.3 Å². The van der Waals surface area contributed by atoms with E-state index in [1.165, 1.54) is 31.4 Å². The molecule has 0 bridgehead atoms. The molecule has 0 spiro atoms. The lowest BCUT2D eigenvalue weighted by molar-refractivity contribution is 0.402. The van der Waals surface area contributed by atoms with Crippen LogP contribution in [-0.4, -0.2) is 20.1 Å². The van der Waals surface area contributed by atoms with Crippen LogP contribution in [0.2, 0.25) is 5.02 Å². The lowest BCUT2D eigenvalue weighted by atomic mass is 10.2. The summed E-state index contributed by atoms with van der Waals surface area (Å²) in [5.41, 5.74) is 1.68. The molecule has 3 aromatic rings. The molecule has 0 amide bonds. The Hall–Kier alpha value is -2.35. The lowest BCUT2D eigenvalue weighted by Gasteiger charge is -2.13. The largest absolute Gasteiger partial charge is 0.495 e. The van der Waals surface area contributed by atoms with Crippen molar-refractivity contribution in [3.05, 3.63) is 82.9 Å². The summed E-state index contributed by atoms with van der Waals surface area (Å²) in [5, 5.41) is 0.302. The third-order valence-electron chi connectivity index (χ3n) is 4.05. The monoisotopic (exact) mass is 408 g/mol. The van der Waals surface area contributed by atoms with Gasteiger partial charge in [0.15, 0.2) is 0 Å². The van der Waals surface area contributed by atoms with Crippen molar-refractivity contribution in [3.8, 4) is 5.75 Å². The molecule has 0 aliphatic heterocycles. The highest BCUT2D eigenvalue weighted by Gasteiger charge is 2.20. The molecule has 8 heteroatoms. The van der Waals surface area contributed by atoms with E-state index in [0.29, 0.717) is 11.6 Å². The first kappa shape index (κ1) is 19.4. The highest BCUT2D eigenvalue weighted by molar-refractivity contribution is 7.89. The Morgan fingerprint density at radius 3 is 2.59 bits per heavy atom. The second kappa shape index (κ2) is 8.12. The normalized spacial score (nSPS) is 11.5. The second-order valence-electron chi connectivity index (χ2n) is 5.87. The Labute approximate surface area is 162 Å². The molecular formula is C19H18ClFN2O3S. The van der Waals surface area contributed by atoms with Gasteiger partial charge in [-0.2, -0.15) is 0 Å². The number of ether oxygens (including phenoxy) is 1. The van der Waals surface area contributed by atoms with Gasteiger partial charge >= 0.3 is 0 Å². The predicted octanol–water partition coefficient (Wildman–Crippen LogP) is 3.82. The molecule has 0 aliphatic carbocycles. The number of hydrogen-bond acceptors (Lipinski definition) is 3. The summed E-state index contributed by atoms with van der Waals surface area (Å²) in [6.07, 6.45) is 1.84. The number of methoxy groups -OCH3 is 1. The third kappa shape index (κ3) is 4.68. The van der Waals surface area contributed by atoms with Crippen molar-refractivity contribution in [2.24, 2.45) is 0 Å². The minimum Gasteiger partial charge on any atom is -0.495 e. The summed E-state index contributed by atoms with van der Waals surface area (Å²) >= 11 is 5.93. The van der Waals surface area contributed by atoms with Gasteiger partial charge in [0.2, 0.25) is 10.0 Å². The molecule has 0 aliphatic rings. The van der Waals surface area contributed by atoms with Gasteiger partial charge in [0.05, 0.1) is 13.7 Å². The Kier molecular flexibility index (Phi) is 5.84. The fourth-order valence-electron chi connectivity index (χ4n) is 2.66. The fraction of sp³-hybridized carbons (Fsp3) is 0.158. The maximum Gasteiger partial charge on any atom is 0.244 e. The van der Waals surface area contributed by atoms with E-state index in [2.05, 4.69) is 4.72 Å². The van der Waals surface area contributed by atoms with Crippen molar-refractivity contribution < 1.29 is 17.5 Å². The first-order valence-corrected chi connectivity index (χ1v) is 9.97. The fourth-order valence-corrected chi connectivity index (χ4v) is 4.09. The van der Waals surface area contributed by atoms with Crippen LogP contribution in [-0.2, 0) is 23.1 Å². The van der Waals surface area contributed by atoms with Crippen LogP contribution in [0.15, 0.2) is 65.7 Å². The van der Waals surface area contributed by atoms with E-state index >= 15 is 0 Å². The molecule has 0 radical (unpaired) electrons. The minimum atomic E-state index is -3.82. The number of benzene rings is 2. The van der Waals surface area contributed by atoms with Crippen LogP contribution in [0.4, 0.5) is 4.39 Å². The zero-order valence-electron chi connectivity index (χ0n) is 14.5. The van der Waals surface area contributed by atoms with Crippen LogP contribution >= 0.6 is 11.6 Å². The van der Waals surface area contributed by atoms with Gasteiger partial charge in [-0.15, -0.1) is 0 Å². The van der Waals surface area contributed by atoms with E-state index in [9.17, 15) is 12.8 Å². The third-order valence-corrected chi connectivity index (χ3v) is 5.71. The average Bonchev–Trinajstić information content (AvgIpc) is 3.09. The Bertz CT molecular complexity index is 1030. The lowest BCUT2D eigenvalue weighted by Crippen LogP contribution is -2.25. The van der Waals surface area contributed by atoms with Gasteiger partial charge < -0.3 is 9.30 Å². The number of nitrogens with zero attached hydrogens (tertiary/aromatic N) is 1. The summed E-state index contributed by atoms with van der Waals surface area (Å²) in [6, 6.07) is 14.2. The van der Waals surface area contributed by atoms with Crippen LogP contribution in [0.25, 0.3) is 0 Å². The maximum absolute atomic E-state index is 13.0. The predicted molar refractivity (Wildman–Crippen MR) is 102 cm³/mol. The molecule has 1 aromatic heterocycles. The highest BCUT2D eigenvalue weighted by atomic mass is 35.5. The first-order chi connectivity index (χ1) is 12.9. The standard InChI is InChI=1S/C19H18ClFN2O3S/c1-26-18-9-6-15(20)11-19(18)27(24,25)22-12-17-3-2-10-23(17)13-14-4-7-16(21)8-5-14/h2-11,22H,12-13H2,1H3. The molecule has 1 heterocycles. The van der Waals surface area contributed by atoms with E-state index < -0.39 is 10.0 Å². The molecule has 3 rings (SSSR count). The number of aromatic nitrogens is 1. The van der Waals surface area contributed by atoms with Gasteiger partial charge in [-0.25, -0.2) is 17.5 Å². The summed E-state index contributed by atoms with van der Waals surface area (Å²) in [7, 11) is -2.42. The molecule has 0 atom stereocenters. The van der Waals surface area contributed by atoms with Gasteiger partial charge in [-0.3, -0.25) is 0 Å². The smallest absolute Gasteiger partial charge is 0.244 e. The highest BCUT2D eigenvalue weighted by Crippen LogP contribution is 2.27. The van der Waals surface area contributed by atoms with Crippen LogP contribution < -0.4 is 9.46 Å². The zero-order valence-corrected chi connectivity index (χ0v) is 16.1. The molecule has 2 aromatic carbocycles. The summed E-state index contributed by atoms with van der Waals surface area (Å²) in [5.74, 6) is -0.0803. The summed E-state index contributed by atoms with van der Waals surface area (Å²) < 4.78 is 48.0. The van der Waals surface area contributed by atoms with E-state index in [-0.39, 0.29) is 23.0 Å². The molecule has 1 N–H and O–H groups in total. The molecule has 0 saturated carbocycles. The van der Waals surface area contributed by atoms with Crippen molar-refractivity contribution in [2.75, 3.05) is 7.11 Å². The molecule has 27 heavy (non-hydrogen) atoms. The van der Waals surface area contributed by atoms with E-state index in [1.54, 1.807) is 18.2 Å². The van der Waals surface area contributed by atoms with E-state index in [4.69, 9.17) is 16.3 Å². The van der Waals surface area contributed by atoms with Gasteiger partial charge in [-0.05, 0) is 48.0 Å². The SMILES string of the molecule is COc1ccc(Cl)cc1S(=O)(=O)NCc1cccn1Cc1ccc(F)cc1. The number of sulfonamides is 1. The van der Waals surface area contributed by atoms with Gasteiger partial charge in [0.25, 0.3) is 0 Å². The van der Waals surface area contributed by atoms with Crippen molar-refractivity contribution in [1.29, 1.82) is 0 Å². The van der Waals surface area contributed by atoms with E-state index in [1.807, 2.05) is 22.9 Å². The van der Waals surface area contributed by atoms with Crippen LogP contribution in [0.3, 0.4) is 0 Å². The number of rotatable bonds is 7. The summed E-state index contributed by atoms with van der Waals surface area (Å²) in [6.45, 7) is 0.594. The molecule has 142 valence electrons. The molecular weight excluding hydrogens is 391 g/mol. The maximum atomic E-state index is 13.0. The Balaban J connectivity index is 1.76. The van der Waals surface area contributed by atoms with Crippen molar-refractivity contribution in [2.45, 2.75) is 18.0 Å². The molecule has 0 fully saturated rings. The number of halogens is 2. The van der Waals surface area contributed by atoms with Gasteiger partial charge in [0.1, 0.15) is 16.5 Å². The Morgan fingerprint density at radius 1 is 1.15 bits per heavy atom. The Morgan fingerprint density at radius 2 is 1.89 bits per heavy atom. The van der Waals surface area contributed by atoms with Crippen molar-refractivity contribution >= 4 is 21.6 Å². The number of nitrogens with one attached hydrogen (secondary N) is 1. The first-order valence-electron chi connectivity index (χ1n) is 8.11. The average molecular weight is 409 g/mol.